The third-order valence-electron chi connectivity index (χ3n) is 4.13. The van der Waals surface area contributed by atoms with Crippen LogP contribution in [0.15, 0.2) is 54.6 Å². The SMILES string of the molecule is C1=C(n2c3ccccc3c3ccccc32)CCCC1. The standard InChI is InChI=1S/C18H17N/c1-2-8-14(9-3-1)19-17-12-6-4-10-15(17)16-11-5-7-13-18(16)19/h4-8,10-13H,1-3,9H2. The Balaban J connectivity index is 2.13. The molecule has 0 radical (unpaired) electrons. The van der Waals surface area contributed by atoms with E-state index < -0.39 is 0 Å². The molecule has 0 N–H and O–H groups in total. The fourth-order valence-corrected chi connectivity index (χ4v) is 3.26. The van der Waals surface area contributed by atoms with Crippen molar-refractivity contribution in [3.63, 3.8) is 0 Å². The van der Waals surface area contributed by atoms with Crippen LogP contribution in [-0.4, -0.2) is 4.57 Å². The first-order valence-corrected chi connectivity index (χ1v) is 7.13. The highest BCUT2D eigenvalue weighted by Gasteiger charge is 2.13. The monoisotopic (exact) mass is 247 g/mol. The highest BCUT2D eigenvalue weighted by molar-refractivity contribution is 6.09. The Morgan fingerprint density at radius 3 is 1.95 bits per heavy atom. The van der Waals surface area contributed by atoms with Gasteiger partial charge >= 0.3 is 0 Å². The van der Waals surface area contributed by atoms with Gasteiger partial charge in [0, 0.05) is 16.5 Å². The molecule has 3 aromatic rings. The van der Waals surface area contributed by atoms with Crippen LogP contribution in [-0.2, 0) is 0 Å². The molecule has 0 saturated carbocycles. The highest BCUT2D eigenvalue weighted by atomic mass is 15.0. The highest BCUT2D eigenvalue weighted by Crippen LogP contribution is 2.34. The van der Waals surface area contributed by atoms with Gasteiger partial charge in [-0.25, -0.2) is 0 Å². The molecule has 0 fully saturated rings. The van der Waals surface area contributed by atoms with Crippen molar-refractivity contribution >= 4 is 27.5 Å². The Morgan fingerprint density at radius 2 is 1.37 bits per heavy atom. The van der Waals surface area contributed by atoms with Crippen molar-refractivity contribution in [3.8, 4) is 0 Å². The molecule has 0 atom stereocenters. The van der Waals surface area contributed by atoms with Crippen LogP contribution in [0.3, 0.4) is 0 Å². The summed E-state index contributed by atoms with van der Waals surface area (Å²) in [6.07, 6.45) is 7.48. The van der Waals surface area contributed by atoms with Gasteiger partial charge in [-0.1, -0.05) is 42.5 Å². The Morgan fingerprint density at radius 1 is 0.737 bits per heavy atom. The molecular formula is C18H17N. The van der Waals surface area contributed by atoms with Crippen LogP contribution in [0.5, 0.6) is 0 Å². The number of nitrogens with zero attached hydrogens (tertiary/aromatic N) is 1. The largest absolute Gasteiger partial charge is 0.313 e. The van der Waals surface area contributed by atoms with Crippen molar-refractivity contribution in [3.05, 3.63) is 54.6 Å². The number of allylic oxidation sites excluding steroid dienone is 2. The lowest BCUT2D eigenvalue weighted by Crippen LogP contribution is -2.00. The molecule has 1 heterocycles. The Hall–Kier alpha value is -2.02. The van der Waals surface area contributed by atoms with Gasteiger partial charge in [-0.05, 0) is 37.8 Å². The summed E-state index contributed by atoms with van der Waals surface area (Å²) in [4.78, 5) is 0. The lowest BCUT2D eigenvalue weighted by Gasteiger charge is -2.16. The summed E-state index contributed by atoms with van der Waals surface area (Å²) in [6.45, 7) is 0. The first kappa shape index (κ1) is 10.9. The Kier molecular flexibility index (Phi) is 2.44. The second-order valence-electron chi connectivity index (χ2n) is 5.31. The predicted molar refractivity (Wildman–Crippen MR) is 82.2 cm³/mol. The van der Waals surface area contributed by atoms with Gasteiger partial charge < -0.3 is 4.57 Å². The van der Waals surface area contributed by atoms with E-state index in [1.807, 2.05) is 0 Å². The quantitative estimate of drug-likeness (QED) is 0.556. The number of fused-ring (bicyclic) bond motifs is 3. The third-order valence-corrected chi connectivity index (χ3v) is 4.13. The minimum Gasteiger partial charge on any atom is -0.313 e. The average Bonchev–Trinajstić information content (AvgIpc) is 2.83. The summed E-state index contributed by atoms with van der Waals surface area (Å²) < 4.78 is 2.46. The molecule has 0 unspecified atom stereocenters. The summed E-state index contributed by atoms with van der Waals surface area (Å²) in [5.41, 5.74) is 4.16. The fourth-order valence-electron chi connectivity index (χ4n) is 3.26. The zero-order chi connectivity index (χ0) is 12.7. The molecular weight excluding hydrogens is 230 g/mol. The van der Waals surface area contributed by atoms with Gasteiger partial charge in [-0.3, -0.25) is 0 Å². The van der Waals surface area contributed by atoms with E-state index in [1.165, 1.54) is 53.2 Å². The van der Waals surface area contributed by atoms with E-state index in [0.29, 0.717) is 0 Å². The van der Waals surface area contributed by atoms with Crippen molar-refractivity contribution in [2.24, 2.45) is 0 Å². The molecule has 1 aromatic heterocycles. The fraction of sp³-hybridized carbons (Fsp3) is 0.222. The Bertz CT molecular complexity index is 723. The van der Waals surface area contributed by atoms with E-state index in [9.17, 15) is 0 Å². The lowest BCUT2D eigenvalue weighted by atomic mass is 10.0. The molecule has 1 aliphatic carbocycles. The average molecular weight is 247 g/mol. The molecule has 1 heteroatoms. The van der Waals surface area contributed by atoms with E-state index in [-0.39, 0.29) is 0 Å². The maximum absolute atomic E-state index is 2.46. The molecule has 4 rings (SSSR count). The third kappa shape index (κ3) is 1.61. The number of rotatable bonds is 1. The molecule has 0 amide bonds. The zero-order valence-corrected chi connectivity index (χ0v) is 11.0. The van der Waals surface area contributed by atoms with Gasteiger partial charge in [0.1, 0.15) is 0 Å². The van der Waals surface area contributed by atoms with Crippen LogP contribution in [0.2, 0.25) is 0 Å². The summed E-state index contributed by atoms with van der Waals surface area (Å²) >= 11 is 0. The smallest absolute Gasteiger partial charge is 0.0537 e. The van der Waals surface area contributed by atoms with E-state index in [1.54, 1.807) is 0 Å². The molecule has 0 bridgehead atoms. The van der Waals surface area contributed by atoms with E-state index >= 15 is 0 Å². The van der Waals surface area contributed by atoms with Gasteiger partial charge in [-0.2, -0.15) is 0 Å². The van der Waals surface area contributed by atoms with Gasteiger partial charge in [0.05, 0.1) is 11.0 Å². The summed E-state index contributed by atoms with van der Waals surface area (Å²) in [5, 5.41) is 2.73. The first-order chi connectivity index (χ1) is 9.45. The second-order valence-corrected chi connectivity index (χ2v) is 5.31. The van der Waals surface area contributed by atoms with Crippen LogP contribution in [0, 0.1) is 0 Å². The maximum Gasteiger partial charge on any atom is 0.0537 e. The molecule has 0 aliphatic heterocycles. The minimum absolute atomic E-state index is 1.20. The zero-order valence-electron chi connectivity index (χ0n) is 11.0. The van der Waals surface area contributed by atoms with Crippen molar-refractivity contribution in [1.82, 2.24) is 4.57 Å². The van der Waals surface area contributed by atoms with Crippen molar-refractivity contribution in [2.75, 3.05) is 0 Å². The number of para-hydroxylation sites is 2. The molecule has 2 aromatic carbocycles. The number of hydrogen-bond donors (Lipinski definition) is 0. The van der Waals surface area contributed by atoms with E-state index in [4.69, 9.17) is 0 Å². The van der Waals surface area contributed by atoms with Crippen molar-refractivity contribution in [1.29, 1.82) is 0 Å². The number of aromatic nitrogens is 1. The minimum atomic E-state index is 1.20. The molecule has 0 saturated heterocycles. The molecule has 94 valence electrons. The van der Waals surface area contributed by atoms with E-state index in [2.05, 4.69) is 59.2 Å². The van der Waals surface area contributed by atoms with Gasteiger partial charge in [0.25, 0.3) is 0 Å². The van der Waals surface area contributed by atoms with Crippen LogP contribution < -0.4 is 0 Å². The topological polar surface area (TPSA) is 4.93 Å². The van der Waals surface area contributed by atoms with Crippen LogP contribution in [0.1, 0.15) is 25.7 Å². The molecule has 19 heavy (non-hydrogen) atoms. The summed E-state index contributed by atoms with van der Waals surface area (Å²) in [6, 6.07) is 17.5. The normalized spacial score (nSPS) is 15.9. The second kappa shape index (κ2) is 4.27. The van der Waals surface area contributed by atoms with Crippen molar-refractivity contribution in [2.45, 2.75) is 25.7 Å². The van der Waals surface area contributed by atoms with Gasteiger partial charge in [-0.15, -0.1) is 0 Å². The number of benzene rings is 2. The molecule has 0 spiro atoms. The number of hydrogen-bond acceptors (Lipinski definition) is 0. The van der Waals surface area contributed by atoms with Gasteiger partial charge in [0.15, 0.2) is 0 Å². The lowest BCUT2D eigenvalue weighted by molar-refractivity contribution is 0.724. The maximum atomic E-state index is 2.46. The van der Waals surface area contributed by atoms with Crippen LogP contribution in [0.25, 0.3) is 27.5 Å². The first-order valence-electron chi connectivity index (χ1n) is 7.13. The van der Waals surface area contributed by atoms with Crippen molar-refractivity contribution < 1.29 is 0 Å². The predicted octanol–water partition coefficient (Wildman–Crippen LogP) is 5.21. The molecule has 1 nitrogen and oxygen atoms in total. The summed E-state index contributed by atoms with van der Waals surface area (Å²) in [5.74, 6) is 0. The Labute approximate surface area is 113 Å². The summed E-state index contributed by atoms with van der Waals surface area (Å²) in [7, 11) is 0. The van der Waals surface area contributed by atoms with E-state index in [0.717, 1.165) is 0 Å². The van der Waals surface area contributed by atoms with Gasteiger partial charge in [0.2, 0.25) is 0 Å². The molecule has 1 aliphatic rings. The van der Waals surface area contributed by atoms with Crippen LogP contribution in [0.4, 0.5) is 0 Å². The van der Waals surface area contributed by atoms with Crippen LogP contribution >= 0.6 is 0 Å².